The molecule has 2 N–H and O–H groups in total. The average Bonchev–Trinajstić information content (AvgIpc) is 3.26. The molecule has 7 heteroatoms. The number of thioether (sulfide) groups is 1. The molecule has 0 atom stereocenters. The van der Waals surface area contributed by atoms with Crippen molar-refractivity contribution in [1.82, 2.24) is 25.1 Å². The summed E-state index contributed by atoms with van der Waals surface area (Å²) in [6.07, 6.45) is 6.25. The van der Waals surface area contributed by atoms with Crippen LogP contribution >= 0.6 is 11.8 Å². The lowest BCUT2D eigenvalue weighted by molar-refractivity contribution is 0.531. The van der Waals surface area contributed by atoms with Gasteiger partial charge in [-0.3, -0.25) is 9.89 Å². The molecule has 25 heavy (non-hydrogen) atoms. The van der Waals surface area contributed by atoms with Gasteiger partial charge in [0.25, 0.3) is 5.56 Å². The highest BCUT2D eigenvalue weighted by molar-refractivity contribution is 7.98. The summed E-state index contributed by atoms with van der Waals surface area (Å²) in [5.41, 5.74) is 1.67. The Kier molecular flexibility index (Phi) is 4.57. The minimum absolute atomic E-state index is 0.0961. The first-order valence-electron chi connectivity index (χ1n) is 8.71. The van der Waals surface area contributed by atoms with Gasteiger partial charge in [-0.25, -0.2) is 9.97 Å². The van der Waals surface area contributed by atoms with E-state index in [1.165, 1.54) is 37.4 Å². The van der Waals surface area contributed by atoms with Crippen LogP contribution in [0.3, 0.4) is 0 Å². The van der Waals surface area contributed by atoms with Gasteiger partial charge >= 0.3 is 0 Å². The van der Waals surface area contributed by atoms with Crippen LogP contribution in [-0.4, -0.2) is 25.1 Å². The Morgan fingerprint density at radius 3 is 2.88 bits per heavy atom. The largest absolute Gasteiger partial charge is 0.309 e. The van der Waals surface area contributed by atoms with Gasteiger partial charge in [0.15, 0.2) is 0 Å². The summed E-state index contributed by atoms with van der Waals surface area (Å²) >= 11 is 1.49. The highest BCUT2D eigenvalue weighted by atomic mass is 32.2. The molecule has 130 valence electrons. The quantitative estimate of drug-likeness (QED) is 0.685. The van der Waals surface area contributed by atoms with Gasteiger partial charge in [0.1, 0.15) is 11.6 Å². The molecule has 0 radical (unpaired) electrons. The van der Waals surface area contributed by atoms with Crippen molar-refractivity contribution in [3.63, 3.8) is 0 Å². The van der Waals surface area contributed by atoms with Crippen molar-refractivity contribution in [2.75, 3.05) is 0 Å². The van der Waals surface area contributed by atoms with Crippen LogP contribution < -0.4 is 5.56 Å². The summed E-state index contributed by atoms with van der Waals surface area (Å²) in [4.78, 5) is 24.2. The summed E-state index contributed by atoms with van der Waals surface area (Å²) in [7, 11) is 0. The van der Waals surface area contributed by atoms with Gasteiger partial charge in [-0.1, -0.05) is 49.6 Å². The highest BCUT2D eigenvalue weighted by Crippen LogP contribution is 2.27. The molecule has 1 aliphatic carbocycles. The van der Waals surface area contributed by atoms with Gasteiger partial charge in [0.05, 0.1) is 16.7 Å². The minimum Gasteiger partial charge on any atom is -0.309 e. The van der Waals surface area contributed by atoms with E-state index in [2.05, 4.69) is 25.1 Å². The van der Waals surface area contributed by atoms with Crippen LogP contribution in [-0.2, 0) is 12.2 Å². The second-order valence-electron chi connectivity index (χ2n) is 6.69. The SMILES string of the molecule is Cc1cccc2c(=O)[nH]c(CSc3n[nH]c(CC4CCCC4)n3)nc12. The molecule has 2 heterocycles. The predicted octanol–water partition coefficient (Wildman–Crippen LogP) is 3.37. The smallest absolute Gasteiger partial charge is 0.258 e. The van der Waals surface area contributed by atoms with Crippen LogP contribution in [0.25, 0.3) is 10.9 Å². The van der Waals surface area contributed by atoms with E-state index in [0.29, 0.717) is 22.1 Å². The van der Waals surface area contributed by atoms with E-state index in [-0.39, 0.29) is 5.56 Å². The maximum atomic E-state index is 12.2. The third kappa shape index (κ3) is 3.61. The van der Waals surface area contributed by atoms with Gasteiger partial charge in [-0.15, -0.1) is 5.10 Å². The molecule has 0 aliphatic heterocycles. The summed E-state index contributed by atoms with van der Waals surface area (Å²) < 4.78 is 0. The second kappa shape index (κ2) is 7.00. The number of rotatable bonds is 5. The maximum absolute atomic E-state index is 12.2. The van der Waals surface area contributed by atoms with Gasteiger partial charge in [-0.05, 0) is 24.5 Å². The van der Waals surface area contributed by atoms with E-state index in [4.69, 9.17) is 0 Å². The van der Waals surface area contributed by atoms with Crippen LogP contribution in [0.4, 0.5) is 0 Å². The molecule has 4 rings (SSSR count). The summed E-state index contributed by atoms with van der Waals surface area (Å²) in [5, 5.41) is 8.67. The number of fused-ring (bicyclic) bond motifs is 1. The van der Waals surface area contributed by atoms with Crippen LogP contribution in [0.5, 0.6) is 0 Å². The first-order valence-corrected chi connectivity index (χ1v) is 9.70. The van der Waals surface area contributed by atoms with E-state index in [0.717, 1.165) is 29.2 Å². The van der Waals surface area contributed by atoms with Crippen molar-refractivity contribution in [3.8, 4) is 0 Å². The van der Waals surface area contributed by atoms with Crippen molar-refractivity contribution in [2.24, 2.45) is 5.92 Å². The third-order valence-corrected chi connectivity index (χ3v) is 5.65. The van der Waals surface area contributed by atoms with E-state index < -0.39 is 0 Å². The molecule has 0 saturated heterocycles. The first kappa shape index (κ1) is 16.3. The number of para-hydroxylation sites is 1. The molecule has 0 unspecified atom stereocenters. The van der Waals surface area contributed by atoms with Crippen molar-refractivity contribution < 1.29 is 0 Å². The average molecular weight is 355 g/mol. The lowest BCUT2D eigenvalue weighted by Crippen LogP contribution is -2.11. The molecule has 0 bridgehead atoms. The van der Waals surface area contributed by atoms with Crippen molar-refractivity contribution in [1.29, 1.82) is 0 Å². The fraction of sp³-hybridized carbons (Fsp3) is 0.444. The molecule has 1 saturated carbocycles. The summed E-state index contributed by atoms with van der Waals surface area (Å²) in [5.74, 6) is 2.90. The van der Waals surface area contributed by atoms with E-state index in [1.807, 2.05) is 19.1 Å². The van der Waals surface area contributed by atoms with Crippen molar-refractivity contribution in [3.05, 3.63) is 45.8 Å². The number of H-pyrrole nitrogens is 2. The molecular formula is C18H21N5OS. The minimum atomic E-state index is -0.0961. The third-order valence-electron chi connectivity index (χ3n) is 4.79. The zero-order valence-electron chi connectivity index (χ0n) is 14.2. The van der Waals surface area contributed by atoms with E-state index in [9.17, 15) is 4.79 Å². The number of benzene rings is 1. The fourth-order valence-electron chi connectivity index (χ4n) is 3.47. The van der Waals surface area contributed by atoms with Crippen LogP contribution in [0.1, 0.15) is 42.9 Å². The van der Waals surface area contributed by atoms with Gasteiger partial charge in [-0.2, -0.15) is 0 Å². The van der Waals surface area contributed by atoms with Gasteiger partial charge < -0.3 is 4.98 Å². The fourth-order valence-corrected chi connectivity index (χ4v) is 4.16. The normalized spacial score (nSPS) is 15.2. The van der Waals surface area contributed by atoms with Crippen LogP contribution in [0.15, 0.2) is 28.2 Å². The molecule has 3 aromatic rings. The van der Waals surface area contributed by atoms with E-state index in [1.54, 1.807) is 6.07 Å². The lowest BCUT2D eigenvalue weighted by atomic mass is 10.0. The number of aryl methyl sites for hydroxylation is 1. The molecule has 6 nitrogen and oxygen atoms in total. The Balaban J connectivity index is 1.46. The molecular weight excluding hydrogens is 334 g/mol. The Labute approximate surface area is 149 Å². The summed E-state index contributed by atoms with van der Waals surface area (Å²) in [6.45, 7) is 1.97. The second-order valence-corrected chi connectivity index (χ2v) is 7.63. The van der Waals surface area contributed by atoms with Crippen LogP contribution in [0, 0.1) is 12.8 Å². The lowest BCUT2D eigenvalue weighted by Gasteiger charge is -2.04. The Hall–Kier alpha value is -2.15. The van der Waals surface area contributed by atoms with Crippen molar-refractivity contribution in [2.45, 2.75) is 49.9 Å². The summed E-state index contributed by atoms with van der Waals surface area (Å²) in [6, 6.07) is 5.65. The Morgan fingerprint density at radius 2 is 2.04 bits per heavy atom. The first-order chi connectivity index (χ1) is 12.2. The number of hydrogen-bond donors (Lipinski definition) is 2. The zero-order valence-corrected chi connectivity index (χ0v) is 15.0. The van der Waals surface area contributed by atoms with Crippen molar-refractivity contribution >= 4 is 22.7 Å². The number of hydrogen-bond acceptors (Lipinski definition) is 5. The maximum Gasteiger partial charge on any atom is 0.258 e. The molecule has 1 aliphatic rings. The highest BCUT2D eigenvalue weighted by Gasteiger charge is 2.17. The molecule has 2 aromatic heterocycles. The molecule has 0 amide bonds. The topological polar surface area (TPSA) is 87.3 Å². The number of nitrogens with one attached hydrogen (secondary N) is 2. The van der Waals surface area contributed by atoms with Gasteiger partial charge in [0, 0.05) is 6.42 Å². The predicted molar refractivity (Wildman–Crippen MR) is 98.7 cm³/mol. The van der Waals surface area contributed by atoms with E-state index >= 15 is 0 Å². The molecule has 1 fully saturated rings. The Morgan fingerprint density at radius 1 is 1.20 bits per heavy atom. The Bertz CT molecular complexity index is 942. The zero-order chi connectivity index (χ0) is 17.2. The molecule has 0 spiro atoms. The van der Waals surface area contributed by atoms with Crippen LogP contribution in [0.2, 0.25) is 0 Å². The standard InChI is InChI=1S/C18H21N5OS/c1-11-5-4-8-13-16(11)19-15(20-17(13)24)10-25-18-21-14(22-23-18)9-12-6-2-3-7-12/h4-5,8,12H,2-3,6-7,9-10H2,1H3,(H,19,20,24)(H,21,22,23). The van der Waals surface area contributed by atoms with Gasteiger partial charge in [0.2, 0.25) is 5.16 Å². The molecule has 1 aromatic carbocycles. The monoisotopic (exact) mass is 355 g/mol. The number of aromatic nitrogens is 5. The number of aromatic amines is 2. The number of nitrogens with zero attached hydrogens (tertiary/aromatic N) is 3.